The van der Waals surface area contributed by atoms with Gasteiger partial charge in [0.1, 0.15) is 0 Å². The fourth-order valence-corrected chi connectivity index (χ4v) is 4.30. The molecule has 5 nitrogen and oxygen atoms in total. The van der Waals surface area contributed by atoms with Gasteiger partial charge < -0.3 is 5.32 Å². The molecule has 3 rings (SSSR count). The summed E-state index contributed by atoms with van der Waals surface area (Å²) in [5, 5.41) is 5.17. The van der Waals surface area contributed by atoms with Crippen molar-refractivity contribution in [3.63, 3.8) is 0 Å². The Balaban J connectivity index is 1.71. The predicted octanol–water partition coefficient (Wildman–Crippen LogP) is 3.99. The molecule has 1 unspecified atom stereocenters. The molecule has 7 heteroatoms. The minimum Gasteiger partial charge on any atom is -0.348 e. The number of nitrogens with zero attached hydrogens (tertiary/aromatic N) is 1. The molecule has 1 N–H and O–H groups in total. The van der Waals surface area contributed by atoms with Crippen molar-refractivity contribution in [1.29, 1.82) is 0 Å². The first kappa shape index (κ1) is 20.3. The second kappa shape index (κ2) is 8.31. The monoisotopic (exact) mass is 416 g/mol. The fraction of sp³-hybridized carbons (Fsp3) is 0.190. The minimum atomic E-state index is -3.78. The van der Waals surface area contributed by atoms with Crippen LogP contribution in [0.5, 0.6) is 0 Å². The maximum atomic E-state index is 12.8. The Kier molecular flexibility index (Phi) is 6.03. The SMILES string of the molecule is CC(NC(=O)CN(C)S(=O)(=O)c1ccc2ccccc2c1)c1cccc(Cl)c1. The number of sulfonamides is 1. The minimum absolute atomic E-state index is 0.157. The van der Waals surface area contributed by atoms with Crippen molar-refractivity contribution in [2.24, 2.45) is 0 Å². The fourth-order valence-electron chi connectivity index (χ4n) is 2.94. The molecule has 0 aliphatic carbocycles. The van der Waals surface area contributed by atoms with Crippen molar-refractivity contribution < 1.29 is 13.2 Å². The molecule has 28 heavy (non-hydrogen) atoms. The van der Waals surface area contributed by atoms with Crippen LogP contribution in [-0.2, 0) is 14.8 Å². The second-order valence-electron chi connectivity index (χ2n) is 6.61. The molecule has 0 aliphatic heterocycles. The topological polar surface area (TPSA) is 66.5 Å². The van der Waals surface area contributed by atoms with E-state index in [0.29, 0.717) is 5.02 Å². The maximum absolute atomic E-state index is 12.8. The zero-order valence-electron chi connectivity index (χ0n) is 15.6. The highest BCUT2D eigenvalue weighted by molar-refractivity contribution is 7.89. The van der Waals surface area contributed by atoms with Crippen LogP contribution >= 0.6 is 11.6 Å². The maximum Gasteiger partial charge on any atom is 0.243 e. The summed E-state index contributed by atoms with van der Waals surface area (Å²) < 4.78 is 26.7. The van der Waals surface area contributed by atoms with Crippen LogP contribution in [0, 0.1) is 0 Å². The molecule has 146 valence electrons. The Morgan fingerprint density at radius 3 is 2.46 bits per heavy atom. The number of hydrogen-bond donors (Lipinski definition) is 1. The molecular formula is C21H21ClN2O3S. The van der Waals surface area contributed by atoms with Crippen LogP contribution in [0.4, 0.5) is 0 Å². The smallest absolute Gasteiger partial charge is 0.243 e. The summed E-state index contributed by atoms with van der Waals surface area (Å²) >= 11 is 5.98. The number of benzene rings is 3. The van der Waals surface area contributed by atoms with Gasteiger partial charge in [0.15, 0.2) is 0 Å². The number of hydrogen-bond acceptors (Lipinski definition) is 3. The normalized spacial score (nSPS) is 12.9. The Morgan fingerprint density at radius 2 is 1.75 bits per heavy atom. The van der Waals surface area contributed by atoms with E-state index in [1.165, 1.54) is 7.05 Å². The molecule has 0 aliphatic rings. The number of carbonyl (C=O) groups is 1. The molecule has 0 radical (unpaired) electrons. The van der Waals surface area contributed by atoms with E-state index in [9.17, 15) is 13.2 Å². The van der Waals surface area contributed by atoms with Gasteiger partial charge in [-0.1, -0.05) is 54.1 Å². The van der Waals surface area contributed by atoms with Crippen molar-refractivity contribution in [2.75, 3.05) is 13.6 Å². The van der Waals surface area contributed by atoms with Gasteiger partial charge in [-0.2, -0.15) is 4.31 Å². The molecule has 0 aromatic heterocycles. The summed E-state index contributed by atoms with van der Waals surface area (Å²) in [4.78, 5) is 12.5. The van der Waals surface area contributed by atoms with Crippen LogP contribution in [-0.4, -0.2) is 32.2 Å². The van der Waals surface area contributed by atoms with E-state index >= 15 is 0 Å². The molecule has 0 bridgehead atoms. The number of carbonyl (C=O) groups excluding carboxylic acids is 1. The first-order valence-electron chi connectivity index (χ1n) is 8.77. The summed E-state index contributed by atoms with van der Waals surface area (Å²) in [6.45, 7) is 1.54. The summed E-state index contributed by atoms with van der Waals surface area (Å²) in [5.74, 6) is -0.390. The molecule has 1 atom stereocenters. The van der Waals surface area contributed by atoms with Crippen molar-refractivity contribution in [3.05, 3.63) is 77.3 Å². The third-order valence-electron chi connectivity index (χ3n) is 4.52. The molecule has 0 spiro atoms. The van der Waals surface area contributed by atoms with E-state index in [2.05, 4.69) is 5.32 Å². The number of rotatable bonds is 6. The highest BCUT2D eigenvalue weighted by Gasteiger charge is 2.24. The van der Waals surface area contributed by atoms with Gasteiger partial charge in [-0.25, -0.2) is 8.42 Å². The van der Waals surface area contributed by atoms with Gasteiger partial charge in [0.25, 0.3) is 0 Å². The quantitative estimate of drug-likeness (QED) is 0.660. The molecular weight excluding hydrogens is 396 g/mol. The average molecular weight is 417 g/mol. The molecule has 0 fully saturated rings. The van der Waals surface area contributed by atoms with Crippen LogP contribution in [0.1, 0.15) is 18.5 Å². The predicted molar refractivity (Wildman–Crippen MR) is 112 cm³/mol. The van der Waals surface area contributed by atoms with Gasteiger partial charge in [0.2, 0.25) is 15.9 Å². The van der Waals surface area contributed by atoms with Crippen LogP contribution in [0.2, 0.25) is 5.02 Å². The van der Waals surface area contributed by atoms with Crippen LogP contribution in [0.3, 0.4) is 0 Å². The highest BCUT2D eigenvalue weighted by Crippen LogP contribution is 2.21. The molecule has 1 amide bonds. The Bertz CT molecular complexity index is 1120. The molecule has 0 heterocycles. The number of halogens is 1. The lowest BCUT2D eigenvalue weighted by Gasteiger charge is -2.20. The van der Waals surface area contributed by atoms with Crippen molar-refractivity contribution in [2.45, 2.75) is 17.9 Å². The average Bonchev–Trinajstić information content (AvgIpc) is 2.67. The van der Waals surface area contributed by atoms with E-state index in [-0.39, 0.29) is 23.4 Å². The summed E-state index contributed by atoms with van der Waals surface area (Å²) in [5.41, 5.74) is 0.848. The van der Waals surface area contributed by atoms with Gasteiger partial charge in [0.05, 0.1) is 17.5 Å². The van der Waals surface area contributed by atoms with Crippen LogP contribution < -0.4 is 5.32 Å². The number of nitrogens with one attached hydrogen (secondary N) is 1. The van der Waals surface area contributed by atoms with Crippen molar-refractivity contribution >= 4 is 38.3 Å². The highest BCUT2D eigenvalue weighted by atomic mass is 35.5. The molecule has 0 saturated carbocycles. The van der Waals surface area contributed by atoms with Gasteiger partial charge in [-0.05, 0) is 47.5 Å². The van der Waals surface area contributed by atoms with Crippen LogP contribution in [0.15, 0.2) is 71.6 Å². The Labute approximate surface area is 170 Å². The number of fused-ring (bicyclic) bond motifs is 1. The zero-order chi connectivity index (χ0) is 20.3. The third-order valence-corrected chi connectivity index (χ3v) is 6.56. The first-order valence-corrected chi connectivity index (χ1v) is 10.6. The summed E-state index contributed by atoms with van der Waals surface area (Å²) in [6, 6.07) is 19.3. The lowest BCUT2D eigenvalue weighted by molar-refractivity contribution is -0.121. The van der Waals surface area contributed by atoms with Crippen molar-refractivity contribution in [3.8, 4) is 0 Å². The van der Waals surface area contributed by atoms with E-state index in [4.69, 9.17) is 11.6 Å². The lowest BCUT2D eigenvalue weighted by atomic mass is 10.1. The molecule has 3 aromatic rings. The van der Waals surface area contributed by atoms with Crippen molar-refractivity contribution in [1.82, 2.24) is 9.62 Å². The van der Waals surface area contributed by atoms with E-state index in [1.807, 2.05) is 37.3 Å². The van der Waals surface area contributed by atoms with E-state index in [1.54, 1.807) is 36.4 Å². The Hall–Kier alpha value is -2.41. The Morgan fingerprint density at radius 1 is 1.04 bits per heavy atom. The first-order chi connectivity index (χ1) is 13.3. The lowest BCUT2D eigenvalue weighted by Crippen LogP contribution is -2.39. The number of amides is 1. The second-order valence-corrected chi connectivity index (χ2v) is 9.10. The standard InChI is InChI=1S/C21H21ClN2O3S/c1-15(17-8-5-9-19(22)12-17)23-21(25)14-24(2)28(26,27)20-11-10-16-6-3-4-7-18(16)13-20/h3-13,15H,14H2,1-2H3,(H,23,25). The van der Waals surface area contributed by atoms with Gasteiger partial charge in [0, 0.05) is 12.1 Å². The van der Waals surface area contributed by atoms with Gasteiger partial charge >= 0.3 is 0 Å². The van der Waals surface area contributed by atoms with Gasteiger partial charge in [-0.15, -0.1) is 0 Å². The number of likely N-dealkylation sites (N-methyl/N-ethyl adjacent to an activating group) is 1. The largest absolute Gasteiger partial charge is 0.348 e. The molecule has 3 aromatic carbocycles. The molecule has 0 saturated heterocycles. The van der Waals surface area contributed by atoms with E-state index < -0.39 is 10.0 Å². The zero-order valence-corrected chi connectivity index (χ0v) is 17.2. The van der Waals surface area contributed by atoms with E-state index in [0.717, 1.165) is 20.6 Å². The third kappa shape index (κ3) is 4.52. The summed E-state index contributed by atoms with van der Waals surface area (Å²) in [6.07, 6.45) is 0. The van der Waals surface area contributed by atoms with Gasteiger partial charge in [-0.3, -0.25) is 4.79 Å². The van der Waals surface area contributed by atoms with Crippen LogP contribution in [0.25, 0.3) is 10.8 Å². The summed E-state index contributed by atoms with van der Waals surface area (Å²) in [7, 11) is -2.38.